The number of nitrogens with zero attached hydrogens (tertiary/aromatic N) is 3. The van der Waals surface area contributed by atoms with E-state index in [0.717, 1.165) is 0 Å². The molecule has 4 rings (SSSR count). The van der Waals surface area contributed by atoms with Crippen molar-refractivity contribution in [3.63, 3.8) is 0 Å². The zero-order valence-corrected chi connectivity index (χ0v) is 15.9. The number of likely N-dealkylation sites (tertiary alicyclic amines) is 1. The maximum atomic E-state index is 12.8. The van der Waals surface area contributed by atoms with Gasteiger partial charge in [-0.2, -0.15) is 5.10 Å². The third kappa shape index (κ3) is 3.76. The molecule has 2 fully saturated rings. The summed E-state index contributed by atoms with van der Waals surface area (Å²) in [5, 5.41) is 7.15. The van der Waals surface area contributed by atoms with Crippen LogP contribution >= 0.6 is 0 Å². The highest BCUT2D eigenvalue weighted by Gasteiger charge is 2.39. The molecule has 0 saturated carbocycles. The highest BCUT2D eigenvalue weighted by Crippen LogP contribution is 2.30. The van der Waals surface area contributed by atoms with Crippen LogP contribution in [0.3, 0.4) is 0 Å². The summed E-state index contributed by atoms with van der Waals surface area (Å²) in [6, 6.07) is 6.96. The number of ether oxygens (including phenoxy) is 4. The molecule has 0 aliphatic carbocycles. The first kappa shape index (κ1) is 18.6. The van der Waals surface area contributed by atoms with Gasteiger partial charge in [0.1, 0.15) is 23.7 Å². The smallest absolute Gasteiger partial charge is 0.322 e. The second kappa shape index (κ2) is 8.07. The minimum atomic E-state index is -0.226. The molecule has 2 saturated heterocycles. The third-order valence-electron chi connectivity index (χ3n) is 5.06. The van der Waals surface area contributed by atoms with Gasteiger partial charge < -0.3 is 29.2 Å². The fraction of sp³-hybridized carbons (Fsp3) is 0.474. The molecule has 150 valence electrons. The van der Waals surface area contributed by atoms with Crippen molar-refractivity contribution < 1.29 is 23.7 Å². The van der Waals surface area contributed by atoms with Crippen LogP contribution in [0.4, 0.5) is 10.5 Å². The lowest BCUT2D eigenvalue weighted by Crippen LogP contribution is -2.35. The highest BCUT2D eigenvalue weighted by atomic mass is 16.6. The van der Waals surface area contributed by atoms with E-state index in [-0.39, 0.29) is 24.3 Å². The van der Waals surface area contributed by atoms with Gasteiger partial charge in [-0.25, -0.2) is 4.79 Å². The van der Waals surface area contributed by atoms with Crippen LogP contribution < -0.4 is 14.8 Å². The fourth-order valence-electron chi connectivity index (χ4n) is 3.50. The van der Waals surface area contributed by atoms with Gasteiger partial charge in [0, 0.05) is 18.5 Å². The minimum Gasteiger partial charge on any atom is -0.497 e. The Hall–Kier alpha value is -2.78. The van der Waals surface area contributed by atoms with Gasteiger partial charge in [-0.1, -0.05) is 0 Å². The monoisotopic (exact) mass is 388 g/mol. The number of aromatic nitrogens is 2. The van der Waals surface area contributed by atoms with Crippen LogP contribution in [0.25, 0.3) is 0 Å². The number of urea groups is 1. The van der Waals surface area contributed by atoms with Crippen molar-refractivity contribution in [2.75, 3.05) is 45.8 Å². The van der Waals surface area contributed by atoms with Crippen LogP contribution in [-0.2, 0) is 9.47 Å². The maximum Gasteiger partial charge on any atom is 0.322 e. The molecule has 0 radical (unpaired) electrons. The van der Waals surface area contributed by atoms with Crippen molar-refractivity contribution in [3.8, 4) is 11.5 Å². The number of benzene rings is 1. The van der Waals surface area contributed by atoms with Crippen molar-refractivity contribution in [2.24, 2.45) is 0 Å². The average molecular weight is 388 g/mol. The molecular weight excluding hydrogens is 364 g/mol. The number of carbonyl (C=O) groups is 1. The summed E-state index contributed by atoms with van der Waals surface area (Å²) in [7, 11) is 3.13. The van der Waals surface area contributed by atoms with Gasteiger partial charge in [0.05, 0.1) is 52.3 Å². The lowest BCUT2D eigenvalue weighted by atomic mass is 10.2. The first-order chi connectivity index (χ1) is 13.7. The molecule has 2 atom stereocenters. The van der Waals surface area contributed by atoms with Crippen LogP contribution in [0.2, 0.25) is 0 Å². The quantitative estimate of drug-likeness (QED) is 0.859. The topological polar surface area (TPSA) is 87.1 Å². The standard InChI is InChI=1S/C19H24N4O5/c1-25-14-4-5-16(26-2)15(8-14)21-19(24)22-9-17-18(10-22)28-12-13(11-27-17)23-7-3-6-20-23/h3-8,13,17-18H,9-12H2,1-2H3,(H,21,24)/t17-,18-/m0/s1. The summed E-state index contributed by atoms with van der Waals surface area (Å²) < 4.78 is 24.4. The largest absolute Gasteiger partial charge is 0.497 e. The molecule has 0 unspecified atom stereocenters. The predicted molar refractivity (Wildman–Crippen MR) is 101 cm³/mol. The highest BCUT2D eigenvalue weighted by molar-refractivity contribution is 5.91. The van der Waals surface area contributed by atoms with E-state index >= 15 is 0 Å². The zero-order valence-electron chi connectivity index (χ0n) is 15.9. The lowest BCUT2D eigenvalue weighted by molar-refractivity contribution is -0.00461. The van der Waals surface area contributed by atoms with E-state index in [2.05, 4.69) is 10.4 Å². The van der Waals surface area contributed by atoms with Crippen molar-refractivity contribution >= 4 is 11.7 Å². The number of rotatable bonds is 4. The Kier molecular flexibility index (Phi) is 5.36. The molecule has 0 bridgehead atoms. The van der Waals surface area contributed by atoms with E-state index in [0.29, 0.717) is 43.5 Å². The molecule has 3 heterocycles. The van der Waals surface area contributed by atoms with Crippen molar-refractivity contribution in [1.29, 1.82) is 0 Å². The number of anilines is 1. The van der Waals surface area contributed by atoms with Crippen LogP contribution in [0.15, 0.2) is 36.7 Å². The first-order valence-corrected chi connectivity index (χ1v) is 9.18. The van der Waals surface area contributed by atoms with Gasteiger partial charge in [-0.3, -0.25) is 4.68 Å². The van der Waals surface area contributed by atoms with E-state index < -0.39 is 0 Å². The number of methoxy groups -OCH3 is 2. The van der Waals surface area contributed by atoms with Gasteiger partial charge >= 0.3 is 6.03 Å². The van der Waals surface area contributed by atoms with Crippen LogP contribution in [0, 0.1) is 0 Å². The minimum absolute atomic E-state index is 0.0453. The fourth-order valence-corrected chi connectivity index (χ4v) is 3.50. The molecule has 28 heavy (non-hydrogen) atoms. The Morgan fingerprint density at radius 1 is 1.18 bits per heavy atom. The van der Waals surface area contributed by atoms with Crippen molar-refractivity contribution in [2.45, 2.75) is 18.2 Å². The van der Waals surface area contributed by atoms with Gasteiger partial charge in [0.2, 0.25) is 0 Å². The lowest BCUT2D eigenvalue weighted by Gasteiger charge is -2.20. The number of carbonyl (C=O) groups excluding carboxylic acids is 1. The van der Waals surface area contributed by atoms with Crippen LogP contribution in [0.5, 0.6) is 11.5 Å². The first-order valence-electron chi connectivity index (χ1n) is 9.18. The second-order valence-electron chi connectivity index (χ2n) is 6.78. The summed E-state index contributed by atoms with van der Waals surface area (Å²) in [4.78, 5) is 14.5. The Balaban J connectivity index is 1.38. The maximum absolute atomic E-state index is 12.8. The Morgan fingerprint density at radius 2 is 1.93 bits per heavy atom. The summed E-state index contributed by atoms with van der Waals surface area (Å²) in [6.07, 6.45) is 3.33. The van der Waals surface area contributed by atoms with E-state index in [1.54, 1.807) is 43.5 Å². The number of hydrogen-bond donors (Lipinski definition) is 1. The number of amides is 2. The SMILES string of the molecule is COc1ccc(OC)c(NC(=O)N2C[C@@H]3OCC(n4cccn4)CO[C@H]3C2)c1. The molecule has 9 heteroatoms. The summed E-state index contributed by atoms with van der Waals surface area (Å²) in [5.74, 6) is 1.20. The van der Waals surface area contributed by atoms with Gasteiger partial charge in [0.25, 0.3) is 0 Å². The van der Waals surface area contributed by atoms with Crippen molar-refractivity contribution in [1.82, 2.24) is 14.7 Å². The molecule has 2 aliphatic rings. The van der Waals surface area contributed by atoms with E-state index in [1.165, 1.54) is 0 Å². The van der Waals surface area contributed by atoms with E-state index in [9.17, 15) is 4.79 Å². The molecule has 2 aromatic rings. The van der Waals surface area contributed by atoms with Gasteiger partial charge in [0.15, 0.2) is 0 Å². The number of fused-ring (bicyclic) bond motifs is 1. The molecule has 9 nitrogen and oxygen atoms in total. The van der Waals surface area contributed by atoms with E-state index in [1.807, 2.05) is 16.9 Å². The molecule has 1 N–H and O–H groups in total. The summed E-state index contributed by atoms with van der Waals surface area (Å²) >= 11 is 0. The number of hydrogen-bond acceptors (Lipinski definition) is 6. The second-order valence-corrected chi connectivity index (χ2v) is 6.78. The molecular formula is C19H24N4O5. The summed E-state index contributed by atoms with van der Waals surface area (Å²) in [5.41, 5.74) is 0.555. The Bertz CT molecular complexity index is 797. The predicted octanol–water partition coefficient (Wildman–Crippen LogP) is 1.77. The molecule has 1 aromatic heterocycles. The molecule has 0 spiro atoms. The normalized spacial score (nSPS) is 22.4. The van der Waals surface area contributed by atoms with Crippen LogP contribution in [0.1, 0.15) is 6.04 Å². The average Bonchev–Trinajstić information content (AvgIpc) is 3.35. The Labute approximate surface area is 163 Å². The summed E-state index contributed by atoms with van der Waals surface area (Å²) in [6.45, 7) is 1.94. The molecule has 2 amide bonds. The molecule has 1 aromatic carbocycles. The zero-order chi connectivity index (χ0) is 19.5. The third-order valence-corrected chi connectivity index (χ3v) is 5.06. The van der Waals surface area contributed by atoms with Gasteiger partial charge in [-0.15, -0.1) is 0 Å². The van der Waals surface area contributed by atoms with Crippen LogP contribution in [-0.4, -0.2) is 73.4 Å². The number of nitrogens with one attached hydrogen (secondary N) is 1. The Morgan fingerprint density at radius 3 is 2.54 bits per heavy atom. The van der Waals surface area contributed by atoms with Crippen molar-refractivity contribution in [3.05, 3.63) is 36.7 Å². The van der Waals surface area contributed by atoms with E-state index in [4.69, 9.17) is 18.9 Å². The molecule has 2 aliphatic heterocycles. The van der Waals surface area contributed by atoms with Gasteiger partial charge in [-0.05, 0) is 18.2 Å².